The third-order valence-corrected chi connectivity index (χ3v) is 3.22. The van der Waals surface area contributed by atoms with Gasteiger partial charge in [-0.25, -0.2) is 0 Å². The number of nitrogens with two attached hydrogens (primary N) is 2. The van der Waals surface area contributed by atoms with Crippen LogP contribution in [0.25, 0.3) is 0 Å². The Morgan fingerprint density at radius 2 is 2.11 bits per heavy atom. The van der Waals surface area contributed by atoms with Crippen LogP contribution in [0.1, 0.15) is 23.6 Å². The van der Waals surface area contributed by atoms with Crippen molar-refractivity contribution in [1.82, 2.24) is 9.55 Å². The zero-order valence-corrected chi connectivity index (χ0v) is 10.3. The van der Waals surface area contributed by atoms with Gasteiger partial charge >= 0.3 is 0 Å². The number of aromatic nitrogens is 2. The second-order valence-corrected chi connectivity index (χ2v) is 4.53. The van der Waals surface area contributed by atoms with Crippen LogP contribution in [-0.4, -0.2) is 44.0 Å². The summed E-state index contributed by atoms with van der Waals surface area (Å²) in [6, 6.07) is 0. The van der Waals surface area contributed by atoms with Crippen molar-refractivity contribution in [1.29, 1.82) is 0 Å². The Balaban J connectivity index is 2.52. The number of amides is 1. The molecule has 0 aliphatic carbocycles. The average molecular weight is 274 g/mol. The quantitative estimate of drug-likeness (QED) is 0.432. The lowest BCUT2D eigenvalue weighted by atomic mass is 10.1. The Kier molecular flexibility index (Phi) is 3.15. The monoisotopic (exact) mass is 274 g/mol. The summed E-state index contributed by atoms with van der Waals surface area (Å²) in [7, 11) is 0. The van der Waals surface area contributed by atoms with Crippen LogP contribution in [0.4, 0.5) is 5.82 Å². The maximum absolute atomic E-state index is 11.3. The highest BCUT2D eigenvalue weighted by molar-refractivity contribution is 7.71. The summed E-state index contributed by atoms with van der Waals surface area (Å²) in [6.45, 7) is 1.59. The first-order valence-corrected chi connectivity index (χ1v) is 5.66. The van der Waals surface area contributed by atoms with E-state index in [9.17, 15) is 15.0 Å². The molecule has 8 nitrogen and oxygen atoms in total. The van der Waals surface area contributed by atoms with E-state index in [-0.39, 0.29) is 16.3 Å². The molecule has 0 bridgehead atoms. The lowest BCUT2D eigenvalue weighted by Gasteiger charge is -2.17. The van der Waals surface area contributed by atoms with E-state index < -0.39 is 30.4 Å². The SMILES string of the molecule is C[C@H]1O[C@@H](n2c(C(N)=O)c(N)[nH]c2=S)[C@H](O)[C@@H]1O. The van der Waals surface area contributed by atoms with Crippen LogP contribution in [0.3, 0.4) is 0 Å². The van der Waals surface area contributed by atoms with Gasteiger partial charge in [0.1, 0.15) is 18.0 Å². The highest BCUT2D eigenvalue weighted by Crippen LogP contribution is 2.31. The number of nitrogen functional groups attached to an aromatic ring is 1. The van der Waals surface area contributed by atoms with Crippen molar-refractivity contribution in [3.05, 3.63) is 10.5 Å². The molecule has 0 aromatic carbocycles. The Morgan fingerprint density at radius 1 is 1.50 bits per heavy atom. The highest BCUT2D eigenvalue weighted by Gasteiger charge is 2.43. The first-order valence-electron chi connectivity index (χ1n) is 5.26. The van der Waals surface area contributed by atoms with Gasteiger partial charge in [0.15, 0.2) is 16.7 Å². The number of imidazole rings is 1. The van der Waals surface area contributed by atoms with Crippen LogP contribution in [0.15, 0.2) is 0 Å². The predicted molar refractivity (Wildman–Crippen MR) is 64.1 cm³/mol. The number of primary amides is 1. The number of carbonyl (C=O) groups excluding carboxylic acids is 1. The first kappa shape index (κ1) is 13.0. The minimum Gasteiger partial charge on any atom is -0.388 e. The van der Waals surface area contributed by atoms with E-state index in [1.165, 1.54) is 4.57 Å². The molecule has 0 spiro atoms. The lowest BCUT2D eigenvalue weighted by Crippen LogP contribution is -2.32. The molecule has 0 saturated carbocycles. The Bertz CT molecular complexity index is 539. The molecule has 2 heterocycles. The summed E-state index contributed by atoms with van der Waals surface area (Å²) in [5, 5.41) is 19.5. The molecule has 18 heavy (non-hydrogen) atoms. The lowest BCUT2D eigenvalue weighted by molar-refractivity contribution is -0.0339. The van der Waals surface area contributed by atoms with Crippen LogP contribution in [0.2, 0.25) is 0 Å². The van der Waals surface area contributed by atoms with Crippen molar-refractivity contribution < 1.29 is 19.7 Å². The van der Waals surface area contributed by atoms with E-state index in [1.54, 1.807) is 6.92 Å². The van der Waals surface area contributed by atoms with Gasteiger partial charge in [-0.3, -0.25) is 9.36 Å². The Labute approximate surface area is 107 Å². The standard InChI is InChI=1S/C9H14N4O4S/c1-2-4(14)5(15)8(17-2)13-3(7(11)16)6(10)12-9(13)18/h2,4-5,8,14-15H,10H2,1H3,(H2,11,16)(H,12,18)/t2-,4-,5-,8-/m1/s1. The fourth-order valence-electron chi connectivity index (χ4n) is 2.00. The largest absolute Gasteiger partial charge is 0.388 e. The van der Waals surface area contributed by atoms with E-state index >= 15 is 0 Å². The van der Waals surface area contributed by atoms with Crippen molar-refractivity contribution in [3.8, 4) is 0 Å². The fraction of sp³-hybridized carbons (Fsp3) is 0.556. The summed E-state index contributed by atoms with van der Waals surface area (Å²) in [4.78, 5) is 13.9. The van der Waals surface area contributed by atoms with Gasteiger partial charge in [-0.2, -0.15) is 0 Å². The third-order valence-electron chi connectivity index (χ3n) is 2.92. The summed E-state index contributed by atoms with van der Waals surface area (Å²) < 4.78 is 6.64. The highest BCUT2D eigenvalue weighted by atomic mass is 32.1. The molecule has 1 aliphatic heterocycles. The topological polar surface area (TPSA) is 140 Å². The normalized spacial score (nSPS) is 31.7. The second kappa shape index (κ2) is 4.35. The zero-order valence-electron chi connectivity index (χ0n) is 9.53. The van der Waals surface area contributed by atoms with Crippen LogP contribution in [0, 0.1) is 4.77 Å². The number of hydrogen-bond acceptors (Lipinski definition) is 6. The predicted octanol–water partition coefficient (Wildman–Crippen LogP) is -1.13. The van der Waals surface area contributed by atoms with Gasteiger partial charge in [-0.1, -0.05) is 0 Å². The minimum absolute atomic E-state index is 0.00246. The van der Waals surface area contributed by atoms with Gasteiger partial charge in [0.25, 0.3) is 5.91 Å². The van der Waals surface area contributed by atoms with E-state index in [2.05, 4.69) is 4.98 Å². The van der Waals surface area contributed by atoms with Gasteiger partial charge in [0, 0.05) is 0 Å². The molecule has 1 aromatic rings. The molecular formula is C9H14N4O4S. The van der Waals surface area contributed by atoms with Crippen LogP contribution in [0.5, 0.6) is 0 Å². The molecule has 1 fully saturated rings. The molecular weight excluding hydrogens is 260 g/mol. The maximum atomic E-state index is 11.3. The summed E-state index contributed by atoms with van der Waals surface area (Å²) >= 11 is 4.99. The molecule has 2 rings (SSSR count). The molecule has 100 valence electrons. The van der Waals surface area contributed by atoms with E-state index in [0.29, 0.717) is 0 Å². The van der Waals surface area contributed by atoms with Gasteiger partial charge < -0.3 is 31.4 Å². The van der Waals surface area contributed by atoms with Gasteiger partial charge in [-0.15, -0.1) is 0 Å². The fourth-order valence-corrected chi connectivity index (χ4v) is 2.31. The zero-order chi connectivity index (χ0) is 13.6. The number of aliphatic hydroxyl groups excluding tert-OH is 2. The number of aromatic amines is 1. The molecule has 0 unspecified atom stereocenters. The van der Waals surface area contributed by atoms with Crippen LogP contribution in [-0.2, 0) is 4.74 Å². The molecule has 4 atom stereocenters. The van der Waals surface area contributed by atoms with E-state index in [4.69, 9.17) is 28.4 Å². The number of rotatable bonds is 2. The Hall–Kier alpha value is -1.42. The van der Waals surface area contributed by atoms with Crippen molar-refractivity contribution in [2.45, 2.75) is 31.5 Å². The van der Waals surface area contributed by atoms with Gasteiger partial charge in [-0.05, 0) is 19.1 Å². The second-order valence-electron chi connectivity index (χ2n) is 4.14. The molecule has 1 amide bonds. The van der Waals surface area contributed by atoms with E-state index in [1.807, 2.05) is 0 Å². The summed E-state index contributed by atoms with van der Waals surface area (Å²) in [5.74, 6) is -0.804. The van der Waals surface area contributed by atoms with Crippen molar-refractivity contribution >= 4 is 23.9 Å². The number of carbonyl (C=O) groups is 1. The number of nitrogens with zero attached hydrogens (tertiary/aromatic N) is 1. The van der Waals surface area contributed by atoms with Crippen molar-refractivity contribution in [3.63, 3.8) is 0 Å². The van der Waals surface area contributed by atoms with E-state index in [0.717, 1.165) is 0 Å². The summed E-state index contributed by atoms with van der Waals surface area (Å²) in [5.41, 5.74) is 10.7. The Morgan fingerprint density at radius 3 is 2.56 bits per heavy atom. The van der Waals surface area contributed by atoms with Gasteiger partial charge in [0.2, 0.25) is 0 Å². The smallest absolute Gasteiger partial charge is 0.269 e. The molecule has 1 saturated heterocycles. The van der Waals surface area contributed by atoms with Gasteiger partial charge in [0.05, 0.1) is 6.10 Å². The average Bonchev–Trinajstić information content (AvgIpc) is 2.70. The molecule has 1 aliphatic rings. The number of anilines is 1. The van der Waals surface area contributed by atoms with Crippen LogP contribution < -0.4 is 11.5 Å². The number of H-pyrrole nitrogens is 1. The molecule has 1 aromatic heterocycles. The number of hydrogen-bond donors (Lipinski definition) is 5. The first-order chi connectivity index (χ1) is 8.34. The minimum atomic E-state index is -1.22. The van der Waals surface area contributed by atoms with Crippen molar-refractivity contribution in [2.75, 3.05) is 5.73 Å². The molecule has 0 radical (unpaired) electrons. The van der Waals surface area contributed by atoms with Crippen molar-refractivity contribution in [2.24, 2.45) is 5.73 Å². The molecule has 7 N–H and O–H groups in total. The van der Waals surface area contributed by atoms with Crippen LogP contribution >= 0.6 is 12.2 Å². The number of nitrogens with one attached hydrogen (secondary N) is 1. The summed E-state index contributed by atoms with van der Waals surface area (Å²) in [6.07, 6.45) is -3.89. The maximum Gasteiger partial charge on any atom is 0.269 e. The number of aliphatic hydroxyl groups is 2. The number of ether oxygens (including phenoxy) is 1. The molecule has 9 heteroatoms. The third kappa shape index (κ3) is 1.81.